The van der Waals surface area contributed by atoms with Gasteiger partial charge in [-0.2, -0.15) is 0 Å². The predicted octanol–water partition coefficient (Wildman–Crippen LogP) is 1.63. The fourth-order valence-electron chi connectivity index (χ4n) is 1.46. The van der Waals surface area contributed by atoms with Crippen molar-refractivity contribution in [2.24, 2.45) is 11.7 Å². The van der Waals surface area contributed by atoms with E-state index in [0.29, 0.717) is 16.8 Å². The molecule has 0 aromatic carbocycles. The highest BCUT2D eigenvalue weighted by Gasteiger charge is 2.22. The number of amides is 2. The van der Waals surface area contributed by atoms with Gasteiger partial charge in [0, 0.05) is 6.54 Å². The van der Waals surface area contributed by atoms with Gasteiger partial charge in [0.2, 0.25) is 5.91 Å². The van der Waals surface area contributed by atoms with Crippen molar-refractivity contribution in [1.29, 1.82) is 0 Å². The van der Waals surface area contributed by atoms with Gasteiger partial charge < -0.3 is 15.1 Å². The molecule has 0 spiro atoms. The highest BCUT2D eigenvalue weighted by molar-refractivity contribution is 9.10. The fraction of sp³-hybridized carbons (Fsp3) is 0.455. The van der Waals surface area contributed by atoms with Crippen LogP contribution in [0.2, 0.25) is 0 Å². The first-order chi connectivity index (χ1) is 7.91. The molecule has 0 aliphatic carbocycles. The van der Waals surface area contributed by atoms with Gasteiger partial charge in [-0.05, 0) is 27.9 Å². The number of nitrogens with zero attached hydrogens (tertiary/aromatic N) is 1. The highest BCUT2D eigenvalue weighted by Crippen LogP contribution is 2.19. The average Bonchev–Trinajstić information content (AvgIpc) is 2.61. The van der Waals surface area contributed by atoms with Crippen LogP contribution in [0.5, 0.6) is 0 Å². The van der Waals surface area contributed by atoms with Crippen molar-refractivity contribution >= 4 is 27.7 Å². The molecule has 0 bridgehead atoms. The van der Waals surface area contributed by atoms with Crippen molar-refractivity contribution in [3.05, 3.63) is 22.6 Å². The minimum absolute atomic E-state index is 0.0887. The van der Waals surface area contributed by atoms with Gasteiger partial charge in [-0.1, -0.05) is 13.8 Å². The van der Waals surface area contributed by atoms with Crippen molar-refractivity contribution in [3.8, 4) is 0 Å². The van der Waals surface area contributed by atoms with E-state index in [1.165, 1.54) is 11.2 Å². The molecule has 0 atom stereocenters. The third kappa shape index (κ3) is 3.89. The van der Waals surface area contributed by atoms with E-state index >= 15 is 0 Å². The van der Waals surface area contributed by atoms with Crippen LogP contribution >= 0.6 is 15.9 Å². The number of primary amides is 1. The smallest absolute Gasteiger partial charge is 0.258 e. The predicted molar refractivity (Wildman–Crippen MR) is 66.3 cm³/mol. The summed E-state index contributed by atoms with van der Waals surface area (Å²) in [5, 5.41) is 0. The topological polar surface area (TPSA) is 76.5 Å². The molecule has 0 unspecified atom stereocenters. The number of halogens is 1. The van der Waals surface area contributed by atoms with E-state index in [4.69, 9.17) is 10.2 Å². The van der Waals surface area contributed by atoms with Gasteiger partial charge in [0.25, 0.3) is 5.91 Å². The van der Waals surface area contributed by atoms with Crippen LogP contribution in [-0.4, -0.2) is 29.8 Å². The van der Waals surface area contributed by atoms with Crippen LogP contribution in [0, 0.1) is 5.92 Å². The Kier molecular flexibility index (Phi) is 4.74. The molecule has 0 saturated heterocycles. The molecule has 1 rings (SSSR count). The Balaban J connectivity index is 2.86. The maximum Gasteiger partial charge on any atom is 0.258 e. The van der Waals surface area contributed by atoms with E-state index in [1.54, 1.807) is 6.07 Å². The van der Waals surface area contributed by atoms with Gasteiger partial charge in [0.15, 0.2) is 4.67 Å². The molecule has 2 N–H and O–H groups in total. The van der Waals surface area contributed by atoms with E-state index in [9.17, 15) is 9.59 Å². The quantitative estimate of drug-likeness (QED) is 0.898. The average molecular weight is 303 g/mol. The second kappa shape index (κ2) is 5.86. The number of carbonyl (C=O) groups is 2. The van der Waals surface area contributed by atoms with E-state index in [-0.39, 0.29) is 18.4 Å². The number of nitrogens with two attached hydrogens (primary N) is 1. The SMILES string of the molecule is CC(C)CN(CC(N)=O)C(=O)c1ccoc1Br. The Hall–Kier alpha value is -1.30. The number of hydrogen-bond acceptors (Lipinski definition) is 3. The standard InChI is InChI=1S/C11H15BrN2O3/c1-7(2)5-14(6-9(13)15)11(16)8-3-4-17-10(8)12/h3-4,7H,5-6H2,1-2H3,(H2,13,15). The monoisotopic (exact) mass is 302 g/mol. The maximum absolute atomic E-state index is 12.1. The molecule has 17 heavy (non-hydrogen) atoms. The minimum Gasteiger partial charge on any atom is -0.457 e. The highest BCUT2D eigenvalue weighted by atomic mass is 79.9. The Morgan fingerprint density at radius 1 is 1.53 bits per heavy atom. The minimum atomic E-state index is -0.529. The summed E-state index contributed by atoms with van der Waals surface area (Å²) in [5.74, 6) is -0.541. The molecule has 94 valence electrons. The van der Waals surface area contributed by atoms with Gasteiger partial charge in [-0.15, -0.1) is 0 Å². The summed E-state index contributed by atoms with van der Waals surface area (Å²) >= 11 is 3.14. The molecular formula is C11H15BrN2O3. The molecule has 0 saturated carbocycles. The number of carbonyl (C=O) groups excluding carboxylic acids is 2. The van der Waals surface area contributed by atoms with Crippen LogP contribution in [0.15, 0.2) is 21.4 Å². The summed E-state index contributed by atoms with van der Waals surface area (Å²) in [6.07, 6.45) is 1.41. The second-order valence-corrected chi connectivity index (χ2v) is 4.87. The lowest BCUT2D eigenvalue weighted by molar-refractivity contribution is -0.118. The van der Waals surface area contributed by atoms with Gasteiger partial charge in [0.05, 0.1) is 18.4 Å². The van der Waals surface area contributed by atoms with Crippen LogP contribution in [0.3, 0.4) is 0 Å². The van der Waals surface area contributed by atoms with E-state index < -0.39 is 5.91 Å². The van der Waals surface area contributed by atoms with Gasteiger partial charge >= 0.3 is 0 Å². The summed E-state index contributed by atoms with van der Waals surface area (Å²) in [4.78, 5) is 24.5. The van der Waals surface area contributed by atoms with Crippen molar-refractivity contribution in [1.82, 2.24) is 4.90 Å². The molecule has 0 aliphatic heterocycles. The number of hydrogen-bond donors (Lipinski definition) is 1. The molecule has 1 aromatic heterocycles. The Morgan fingerprint density at radius 2 is 2.18 bits per heavy atom. The Labute approximate surface area is 108 Å². The zero-order chi connectivity index (χ0) is 13.0. The molecule has 1 heterocycles. The van der Waals surface area contributed by atoms with Gasteiger partial charge in [-0.25, -0.2) is 0 Å². The molecule has 0 aliphatic rings. The van der Waals surface area contributed by atoms with Gasteiger partial charge in [0.1, 0.15) is 0 Å². The Bertz CT molecular complexity index is 415. The molecule has 0 fully saturated rings. The van der Waals surface area contributed by atoms with Gasteiger partial charge in [-0.3, -0.25) is 9.59 Å². The summed E-state index contributed by atoms with van der Waals surface area (Å²) in [6.45, 7) is 4.31. The lowest BCUT2D eigenvalue weighted by Crippen LogP contribution is -2.40. The molecule has 0 radical (unpaired) electrons. The summed E-state index contributed by atoms with van der Waals surface area (Å²) < 4.78 is 5.36. The fourth-order valence-corrected chi connectivity index (χ4v) is 1.87. The first-order valence-corrected chi connectivity index (χ1v) is 6.01. The van der Waals surface area contributed by atoms with E-state index in [0.717, 1.165) is 0 Å². The third-order valence-electron chi connectivity index (χ3n) is 2.07. The largest absolute Gasteiger partial charge is 0.457 e. The summed E-state index contributed by atoms with van der Waals surface area (Å²) in [5.41, 5.74) is 5.53. The zero-order valence-electron chi connectivity index (χ0n) is 9.77. The van der Waals surface area contributed by atoms with E-state index in [1.807, 2.05) is 13.8 Å². The normalized spacial score (nSPS) is 10.6. The third-order valence-corrected chi connectivity index (χ3v) is 2.68. The lowest BCUT2D eigenvalue weighted by Gasteiger charge is -2.22. The number of furan rings is 1. The molecule has 6 heteroatoms. The van der Waals surface area contributed by atoms with Crippen molar-refractivity contribution in [3.63, 3.8) is 0 Å². The number of rotatable bonds is 5. The van der Waals surface area contributed by atoms with Crippen LogP contribution < -0.4 is 5.73 Å². The molecular weight excluding hydrogens is 288 g/mol. The van der Waals surface area contributed by atoms with Crippen LogP contribution in [0.4, 0.5) is 0 Å². The van der Waals surface area contributed by atoms with Crippen molar-refractivity contribution < 1.29 is 14.0 Å². The second-order valence-electron chi connectivity index (χ2n) is 4.15. The van der Waals surface area contributed by atoms with Crippen molar-refractivity contribution in [2.75, 3.05) is 13.1 Å². The molecule has 2 amide bonds. The Morgan fingerprint density at radius 3 is 2.59 bits per heavy atom. The van der Waals surface area contributed by atoms with Crippen LogP contribution in [-0.2, 0) is 4.79 Å². The maximum atomic E-state index is 12.1. The lowest BCUT2D eigenvalue weighted by atomic mass is 10.2. The summed E-state index contributed by atoms with van der Waals surface area (Å²) in [7, 11) is 0. The van der Waals surface area contributed by atoms with Crippen LogP contribution in [0.25, 0.3) is 0 Å². The summed E-state index contributed by atoms with van der Waals surface area (Å²) in [6, 6.07) is 1.56. The molecule has 5 nitrogen and oxygen atoms in total. The molecule has 1 aromatic rings. The van der Waals surface area contributed by atoms with Crippen molar-refractivity contribution in [2.45, 2.75) is 13.8 Å². The first kappa shape index (κ1) is 13.8. The first-order valence-electron chi connectivity index (χ1n) is 5.22. The van der Waals surface area contributed by atoms with E-state index in [2.05, 4.69) is 15.9 Å². The zero-order valence-corrected chi connectivity index (χ0v) is 11.4. The van der Waals surface area contributed by atoms with Crippen LogP contribution in [0.1, 0.15) is 24.2 Å².